The van der Waals surface area contributed by atoms with Gasteiger partial charge in [0.2, 0.25) is 0 Å². The number of imidazole rings is 1. The predicted molar refractivity (Wildman–Crippen MR) is 77.9 cm³/mol. The summed E-state index contributed by atoms with van der Waals surface area (Å²) in [5.74, 6) is 2.40. The molecule has 3 nitrogen and oxygen atoms in total. The van der Waals surface area contributed by atoms with Crippen LogP contribution in [0, 0.1) is 11.8 Å². The van der Waals surface area contributed by atoms with Crippen LogP contribution in [0.1, 0.15) is 57.7 Å². The summed E-state index contributed by atoms with van der Waals surface area (Å²) in [6, 6.07) is 0. The van der Waals surface area contributed by atoms with E-state index < -0.39 is 0 Å². The van der Waals surface area contributed by atoms with E-state index >= 15 is 0 Å². The van der Waals surface area contributed by atoms with E-state index in [9.17, 15) is 5.11 Å². The maximum Gasteiger partial charge on any atom is 0.110 e. The van der Waals surface area contributed by atoms with Crippen molar-refractivity contribution >= 4 is 0 Å². The van der Waals surface area contributed by atoms with E-state index in [4.69, 9.17) is 0 Å². The molecule has 0 spiro atoms. The Labute approximate surface area is 117 Å². The predicted octanol–water partition coefficient (Wildman–Crippen LogP) is 3.32. The van der Waals surface area contributed by atoms with Gasteiger partial charge in [-0.15, -0.1) is 0 Å². The lowest BCUT2D eigenvalue weighted by Crippen LogP contribution is -2.28. The van der Waals surface area contributed by atoms with Crippen LogP contribution in [-0.4, -0.2) is 20.8 Å². The zero-order valence-electron chi connectivity index (χ0n) is 12.4. The van der Waals surface area contributed by atoms with Crippen molar-refractivity contribution in [2.75, 3.05) is 0 Å². The van der Waals surface area contributed by atoms with Crippen LogP contribution in [0.4, 0.5) is 0 Å². The molecule has 1 saturated carbocycles. The molecule has 1 aromatic rings. The van der Waals surface area contributed by atoms with Gasteiger partial charge in [0, 0.05) is 25.9 Å². The average molecular weight is 264 g/mol. The molecule has 1 aliphatic carbocycles. The van der Waals surface area contributed by atoms with E-state index in [2.05, 4.69) is 11.9 Å². The molecule has 3 heteroatoms. The van der Waals surface area contributed by atoms with E-state index in [1.54, 1.807) is 0 Å². The van der Waals surface area contributed by atoms with Gasteiger partial charge in [-0.3, -0.25) is 0 Å². The van der Waals surface area contributed by atoms with Crippen LogP contribution in [0.25, 0.3) is 0 Å². The lowest BCUT2D eigenvalue weighted by molar-refractivity contribution is 0.0705. The minimum Gasteiger partial charge on any atom is -0.392 e. The molecule has 0 aliphatic heterocycles. The molecular formula is C16H28N2O. The summed E-state index contributed by atoms with van der Waals surface area (Å²) in [7, 11) is 2.00. The molecule has 1 N–H and O–H groups in total. The van der Waals surface area contributed by atoms with Gasteiger partial charge in [0.1, 0.15) is 5.82 Å². The van der Waals surface area contributed by atoms with Gasteiger partial charge in [0.05, 0.1) is 6.10 Å². The highest BCUT2D eigenvalue weighted by Crippen LogP contribution is 2.34. The highest BCUT2D eigenvalue weighted by Gasteiger charge is 2.26. The first-order valence-corrected chi connectivity index (χ1v) is 7.85. The molecule has 2 rings (SSSR count). The van der Waals surface area contributed by atoms with Gasteiger partial charge in [0.25, 0.3) is 0 Å². The number of nitrogens with zero attached hydrogens (tertiary/aromatic N) is 2. The van der Waals surface area contributed by atoms with Crippen LogP contribution in [0.2, 0.25) is 0 Å². The molecule has 0 amide bonds. The maximum atomic E-state index is 10.4. The summed E-state index contributed by atoms with van der Waals surface area (Å²) in [6.07, 6.45) is 13.3. The first-order chi connectivity index (χ1) is 9.20. The van der Waals surface area contributed by atoms with Crippen LogP contribution in [0.15, 0.2) is 12.4 Å². The Kier molecular flexibility index (Phi) is 5.44. The SMILES string of the molecule is CCCCC1CCC(C(O)Cc2nccn2C)CC1. The van der Waals surface area contributed by atoms with Crippen LogP contribution in [0.3, 0.4) is 0 Å². The quantitative estimate of drug-likeness (QED) is 0.856. The van der Waals surface area contributed by atoms with Crippen LogP contribution in [-0.2, 0) is 13.5 Å². The maximum absolute atomic E-state index is 10.4. The summed E-state index contributed by atoms with van der Waals surface area (Å²) in [6.45, 7) is 2.27. The van der Waals surface area contributed by atoms with Crippen molar-refractivity contribution in [3.05, 3.63) is 18.2 Å². The second-order valence-corrected chi connectivity index (χ2v) is 6.15. The second-order valence-electron chi connectivity index (χ2n) is 6.15. The molecule has 0 aromatic carbocycles. The number of aliphatic hydroxyl groups excluding tert-OH is 1. The molecule has 1 aromatic heterocycles. The lowest BCUT2D eigenvalue weighted by Gasteiger charge is -2.31. The molecule has 0 saturated heterocycles. The van der Waals surface area contributed by atoms with Crippen molar-refractivity contribution in [2.45, 2.75) is 64.4 Å². The zero-order chi connectivity index (χ0) is 13.7. The normalized spacial score (nSPS) is 25.4. The van der Waals surface area contributed by atoms with Crippen molar-refractivity contribution < 1.29 is 5.11 Å². The van der Waals surface area contributed by atoms with Crippen LogP contribution in [0.5, 0.6) is 0 Å². The summed E-state index contributed by atoms with van der Waals surface area (Å²) in [5.41, 5.74) is 0. The standard InChI is InChI=1S/C16H28N2O/c1-3-4-5-13-6-8-14(9-7-13)15(19)12-16-17-10-11-18(16)2/h10-11,13-15,19H,3-9,12H2,1-2H3. The second kappa shape index (κ2) is 7.09. The Balaban J connectivity index is 1.76. The Morgan fingerprint density at radius 3 is 2.68 bits per heavy atom. The summed E-state index contributed by atoms with van der Waals surface area (Å²) < 4.78 is 2.01. The zero-order valence-corrected chi connectivity index (χ0v) is 12.4. The molecule has 0 radical (unpaired) electrons. The fourth-order valence-corrected chi connectivity index (χ4v) is 3.30. The fourth-order valence-electron chi connectivity index (χ4n) is 3.30. The van der Waals surface area contributed by atoms with Crippen LogP contribution < -0.4 is 0 Å². The smallest absolute Gasteiger partial charge is 0.110 e. The van der Waals surface area contributed by atoms with Crippen molar-refractivity contribution in [3.8, 4) is 0 Å². The molecule has 1 unspecified atom stereocenters. The minimum absolute atomic E-state index is 0.215. The highest BCUT2D eigenvalue weighted by atomic mass is 16.3. The van der Waals surface area contributed by atoms with Gasteiger partial charge in [-0.05, 0) is 24.7 Å². The van der Waals surface area contributed by atoms with Crippen molar-refractivity contribution in [2.24, 2.45) is 18.9 Å². The Hall–Kier alpha value is -0.830. The monoisotopic (exact) mass is 264 g/mol. The van der Waals surface area contributed by atoms with Gasteiger partial charge in [-0.2, -0.15) is 0 Å². The Bertz CT molecular complexity index is 367. The first kappa shape index (κ1) is 14.6. The number of aryl methyl sites for hydroxylation is 1. The summed E-state index contributed by atoms with van der Waals surface area (Å²) in [5, 5.41) is 10.4. The van der Waals surface area contributed by atoms with Gasteiger partial charge >= 0.3 is 0 Å². The van der Waals surface area contributed by atoms with E-state index in [1.807, 2.05) is 24.0 Å². The van der Waals surface area contributed by atoms with E-state index in [0.717, 1.165) is 11.7 Å². The number of aliphatic hydroxyl groups is 1. The number of rotatable bonds is 6. The first-order valence-electron chi connectivity index (χ1n) is 7.85. The number of hydrogen-bond donors (Lipinski definition) is 1. The molecule has 1 aliphatic rings. The van der Waals surface area contributed by atoms with Gasteiger partial charge < -0.3 is 9.67 Å². The molecule has 0 bridgehead atoms. The van der Waals surface area contributed by atoms with E-state index in [-0.39, 0.29) is 6.10 Å². The fraction of sp³-hybridized carbons (Fsp3) is 0.812. The number of hydrogen-bond acceptors (Lipinski definition) is 2. The van der Waals surface area contributed by atoms with Crippen molar-refractivity contribution in [3.63, 3.8) is 0 Å². The third kappa shape index (κ3) is 4.07. The lowest BCUT2D eigenvalue weighted by atomic mass is 9.77. The van der Waals surface area contributed by atoms with Gasteiger partial charge in [-0.1, -0.05) is 39.0 Å². The molecule has 1 heterocycles. The third-order valence-corrected chi connectivity index (χ3v) is 4.71. The molecule has 19 heavy (non-hydrogen) atoms. The van der Waals surface area contributed by atoms with Crippen LogP contribution >= 0.6 is 0 Å². The number of unbranched alkanes of at least 4 members (excludes halogenated alkanes) is 1. The third-order valence-electron chi connectivity index (χ3n) is 4.71. The number of aromatic nitrogens is 2. The van der Waals surface area contributed by atoms with Crippen molar-refractivity contribution in [1.82, 2.24) is 9.55 Å². The largest absolute Gasteiger partial charge is 0.392 e. The average Bonchev–Trinajstić information content (AvgIpc) is 2.82. The summed E-state index contributed by atoms with van der Waals surface area (Å²) in [4.78, 5) is 4.31. The Morgan fingerprint density at radius 2 is 2.11 bits per heavy atom. The summed E-state index contributed by atoms with van der Waals surface area (Å²) >= 11 is 0. The van der Waals surface area contributed by atoms with E-state index in [0.29, 0.717) is 12.3 Å². The van der Waals surface area contributed by atoms with Gasteiger partial charge in [-0.25, -0.2) is 4.98 Å². The Morgan fingerprint density at radius 1 is 1.37 bits per heavy atom. The molecule has 1 fully saturated rings. The molecule has 1 atom stereocenters. The molecule has 108 valence electrons. The van der Waals surface area contributed by atoms with Crippen molar-refractivity contribution in [1.29, 1.82) is 0 Å². The molecular weight excluding hydrogens is 236 g/mol. The highest BCUT2D eigenvalue weighted by molar-refractivity contribution is 4.94. The topological polar surface area (TPSA) is 38.1 Å². The van der Waals surface area contributed by atoms with Gasteiger partial charge in [0.15, 0.2) is 0 Å². The van der Waals surface area contributed by atoms with E-state index in [1.165, 1.54) is 44.9 Å². The minimum atomic E-state index is -0.215.